The van der Waals surface area contributed by atoms with Crippen LogP contribution in [-0.4, -0.2) is 38.2 Å². The summed E-state index contributed by atoms with van der Waals surface area (Å²) in [6, 6.07) is 8.14. The third-order valence-corrected chi connectivity index (χ3v) is 5.71. The topological polar surface area (TPSA) is 96.3 Å². The van der Waals surface area contributed by atoms with Gasteiger partial charge in [0.25, 0.3) is 11.8 Å². The summed E-state index contributed by atoms with van der Waals surface area (Å²) in [4.78, 5) is 37.7. The molecule has 1 spiro atoms. The fourth-order valence-electron chi connectivity index (χ4n) is 3.88. The minimum absolute atomic E-state index is 0.354. The second-order valence-corrected chi connectivity index (χ2v) is 7.71. The van der Waals surface area contributed by atoms with Gasteiger partial charge in [-0.05, 0) is 68.9 Å². The minimum Gasteiger partial charge on any atom is -0.322 e. The molecule has 0 radical (unpaired) electrons. The number of nitrogens with zero attached hydrogens (tertiary/aromatic N) is 3. The van der Waals surface area contributed by atoms with Crippen LogP contribution < -0.4 is 10.7 Å². The van der Waals surface area contributed by atoms with Crippen molar-refractivity contribution < 1.29 is 14.4 Å². The number of hydrazine groups is 1. The molecule has 4 rings (SSSR count). The van der Waals surface area contributed by atoms with Crippen LogP contribution in [0.2, 0.25) is 0 Å². The molecule has 1 saturated heterocycles. The lowest BCUT2D eigenvalue weighted by Crippen LogP contribution is -2.51. The Hall–Kier alpha value is -3.16. The Labute approximate surface area is 162 Å². The standard InChI is InChI=1S/C20H23N5O3/c1-13-7-10-20(11-8-13)18(27)25(19(28)22-20)23-17(26)15-3-5-16(6-4-15)24-14(2)9-12-21-24/h3-6,9,12-13H,7-8,10-11H2,1-2H3,(H,22,28)(H,23,26). The van der Waals surface area contributed by atoms with Gasteiger partial charge < -0.3 is 5.32 Å². The zero-order valence-corrected chi connectivity index (χ0v) is 15.9. The number of benzene rings is 1. The molecular weight excluding hydrogens is 358 g/mol. The normalized spacial score (nSPS) is 24.5. The van der Waals surface area contributed by atoms with E-state index in [4.69, 9.17) is 0 Å². The molecule has 1 aliphatic heterocycles. The highest BCUT2D eigenvalue weighted by atomic mass is 16.2. The largest absolute Gasteiger partial charge is 0.344 e. The lowest BCUT2D eigenvalue weighted by atomic mass is 9.77. The van der Waals surface area contributed by atoms with Crippen molar-refractivity contribution >= 4 is 17.8 Å². The molecule has 1 saturated carbocycles. The summed E-state index contributed by atoms with van der Waals surface area (Å²) in [5.74, 6) is -0.342. The van der Waals surface area contributed by atoms with Crippen molar-refractivity contribution in [1.82, 2.24) is 25.5 Å². The smallest absolute Gasteiger partial charge is 0.322 e. The van der Waals surface area contributed by atoms with Gasteiger partial charge in [-0.1, -0.05) is 6.92 Å². The first kappa shape index (κ1) is 18.2. The molecule has 2 heterocycles. The van der Waals surface area contributed by atoms with Crippen LogP contribution in [0.1, 0.15) is 48.7 Å². The third kappa shape index (κ3) is 3.04. The molecule has 2 aromatic rings. The van der Waals surface area contributed by atoms with Gasteiger partial charge in [0.15, 0.2) is 0 Å². The molecule has 4 amide bonds. The van der Waals surface area contributed by atoms with E-state index < -0.39 is 17.5 Å². The van der Waals surface area contributed by atoms with Crippen molar-refractivity contribution in [3.8, 4) is 5.69 Å². The quantitative estimate of drug-likeness (QED) is 0.798. The first-order chi connectivity index (χ1) is 13.4. The summed E-state index contributed by atoms with van der Waals surface area (Å²) in [7, 11) is 0. The van der Waals surface area contributed by atoms with Crippen LogP contribution in [0.5, 0.6) is 0 Å². The fourth-order valence-corrected chi connectivity index (χ4v) is 3.88. The number of hydrogen-bond donors (Lipinski definition) is 2. The van der Waals surface area contributed by atoms with E-state index in [0.29, 0.717) is 24.3 Å². The SMILES string of the molecule is Cc1ccnn1-c1ccc(C(=O)NN2C(=O)NC3(CCC(C)CC3)C2=O)cc1. The zero-order chi connectivity index (χ0) is 19.9. The Morgan fingerprint density at radius 2 is 1.86 bits per heavy atom. The van der Waals surface area contributed by atoms with Gasteiger partial charge in [0, 0.05) is 17.5 Å². The number of rotatable bonds is 3. The molecule has 0 unspecified atom stereocenters. The van der Waals surface area contributed by atoms with Crippen LogP contribution in [0.25, 0.3) is 5.69 Å². The van der Waals surface area contributed by atoms with E-state index in [0.717, 1.165) is 29.2 Å². The maximum Gasteiger partial charge on any atom is 0.344 e. The number of urea groups is 1. The van der Waals surface area contributed by atoms with Crippen LogP contribution in [0.15, 0.2) is 36.5 Å². The highest BCUT2D eigenvalue weighted by Crippen LogP contribution is 2.35. The molecule has 8 nitrogen and oxygen atoms in total. The lowest BCUT2D eigenvalue weighted by Gasteiger charge is -2.33. The van der Waals surface area contributed by atoms with Gasteiger partial charge in [-0.25, -0.2) is 9.48 Å². The average molecular weight is 381 g/mol. The number of nitrogens with one attached hydrogen (secondary N) is 2. The Kier molecular flexibility index (Phi) is 4.41. The van der Waals surface area contributed by atoms with Gasteiger partial charge in [0.05, 0.1) is 5.69 Å². The Morgan fingerprint density at radius 1 is 1.18 bits per heavy atom. The van der Waals surface area contributed by atoms with Gasteiger partial charge >= 0.3 is 6.03 Å². The monoisotopic (exact) mass is 381 g/mol. The van der Waals surface area contributed by atoms with Gasteiger partial charge in [-0.15, -0.1) is 0 Å². The van der Waals surface area contributed by atoms with E-state index in [9.17, 15) is 14.4 Å². The predicted molar refractivity (Wildman–Crippen MR) is 102 cm³/mol. The summed E-state index contributed by atoms with van der Waals surface area (Å²) in [6.45, 7) is 4.08. The molecule has 1 aliphatic carbocycles. The summed E-state index contributed by atoms with van der Waals surface area (Å²) in [6.07, 6.45) is 4.66. The number of aromatic nitrogens is 2. The number of carbonyl (C=O) groups excluding carboxylic acids is 3. The van der Waals surface area contributed by atoms with Crippen molar-refractivity contribution in [3.05, 3.63) is 47.8 Å². The molecule has 146 valence electrons. The van der Waals surface area contributed by atoms with Crippen molar-refractivity contribution in [2.75, 3.05) is 0 Å². The van der Waals surface area contributed by atoms with Crippen LogP contribution in [-0.2, 0) is 4.79 Å². The number of hydrogen-bond acceptors (Lipinski definition) is 4. The van der Waals surface area contributed by atoms with Gasteiger partial charge in [0.1, 0.15) is 5.54 Å². The highest BCUT2D eigenvalue weighted by molar-refractivity contribution is 6.09. The third-order valence-electron chi connectivity index (χ3n) is 5.71. The minimum atomic E-state index is -0.877. The molecule has 1 aromatic carbocycles. The molecular formula is C20H23N5O3. The highest BCUT2D eigenvalue weighted by Gasteiger charge is 2.52. The molecule has 8 heteroatoms. The van der Waals surface area contributed by atoms with Crippen molar-refractivity contribution in [2.45, 2.75) is 45.1 Å². The molecule has 0 bridgehead atoms. The van der Waals surface area contributed by atoms with E-state index in [-0.39, 0.29) is 5.91 Å². The van der Waals surface area contributed by atoms with Gasteiger partial charge in [-0.2, -0.15) is 10.1 Å². The Morgan fingerprint density at radius 3 is 2.46 bits per heavy atom. The first-order valence-electron chi connectivity index (χ1n) is 9.48. The summed E-state index contributed by atoms with van der Waals surface area (Å²) >= 11 is 0. The van der Waals surface area contributed by atoms with Gasteiger partial charge in [0.2, 0.25) is 0 Å². The maximum atomic E-state index is 12.8. The Balaban J connectivity index is 1.47. The molecule has 2 aliphatic rings. The molecule has 28 heavy (non-hydrogen) atoms. The average Bonchev–Trinajstić information content (AvgIpc) is 3.21. The predicted octanol–water partition coefficient (Wildman–Crippen LogP) is 2.33. The summed E-state index contributed by atoms with van der Waals surface area (Å²) in [5, 5.41) is 7.84. The van der Waals surface area contributed by atoms with Crippen molar-refractivity contribution in [3.63, 3.8) is 0 Å². The first-order valence-corrected chi connectivity index (χ1v) is 9.48. The summed E-state index contributed by atoms with van der Waals surface area (Å²) < 4.78 is 1.76. The van der Waals surface area contributed by atoms with Crippen molar-refractivity contribution in [1.29, 1.82) is 0 Å². The molecule has 1 aromatic heterocycles. The fraction of sp³-hybridized carbons (Fsp3) is 0.400. The maximum absolute atomic E-state index is 12.8. The van der Waals surface area contributed by atoms with E-state index in [1.165, 1.54) is 0 Å². The second kappa shape index (κ2) is 6.78. The lowest BCUT2D eigenvalue weighted by molar-refractivity contribution is -0.134. The van der Waals surface area contributed by atoms with Crippen LogP contribution in [0.3, 0.4) is 0 Å². The number of carbonyl (C=O) groups is 3. The van der Waals surface area contributed by atoms with E-state index >= 15 is 0 Å². The zero-order valence-electron chi connectivity index (χ0n) is 15.9. The Bertz CT molecular complexity index is 926. The van der Waals surface area contributed by atoms with Crippen LogP contribution in [0, 0.1) is 12.8 Å². The van der Waals surface area contributed by atoms with Crippen LogP contribution in [0.4, 0.5) is 4.79 Å². The van der Waals surface area contributed by atoms with E-state index in [2.05, 4.69) is 22.8 Å². The molecule has 0 atom stereocenters. The number of amides is 4. The number of aryl methyl sites for hydroxylation is 1. The second-order valence-electron chi connectivity index (χ2n) is 7.71. The molecule has 2 fully saturated rings. The summed E-state index contributed by atoms with van der Waals surface area (Å²) in [5.41, 5.74) is 3.73. The van der Waals surface area contributed by atoms with Gasteiger partial charge in [-0.3, -0.25) is 15.0 Å². The molecule has 2 N–H and O–H groups in total. The van der Waals surface area contributed by atoms with E-state index in [1.54, 1.807) is 35.1 Å². The van der Waals surface area contributed by atoms with E-state index in [1.807, 2.05) is 13.0 Å². The van der Waals surface area contributed by atoms with Crippen LogP contribution >= 0.6 is 0 Å². The van der Waals surface area contributed by atoms with Crippen molar-refractivity contribution in [2.24, 2.45) is 5.92 Å². The number of imide groups is 1.